The van der Waals surface area contributed by atoms with Crippen LogP contribution in [0, 0.1) is 0 Å². The van der Waals surface area contributed by atoms with Crippen molar-refractivity contribution in [3.63, 3.8) is 0 Å². The molecule has 3 aliphatic heterocycles. The third-order valence-electron chi connectivity index (χ3n) is 3.16. The van der Waals surface area contributed by atoms with Crippen molar-refractivity contribution in [1.82, 2.24) is 4.90 Å². The average Bonchev–Trinajstić information content (AvgIpc) is 2.83. The van der Waals surface area contributed by atoms with Gasteiger partial charge in [0.15, 0.2) is 5.84 Å². The highest BCUT2D eigenvalue weighted by Gasteiger charge is 2.33. The van der Waals surface area contributed by atoms with Crippen LogP contribution in [0.5, 0.6) is 0 Å². The van der Waals surface area contributed by atoms with Crippen molar-refractivity contribution in [2.75, 3.05) is 38.6 Å². The van der Waals surface area contributed by atoms with Crippen molar-refractivity contribution in [1.29, 1.82) is 0 Å². The molecule has 0 aromatic heterocycles. The highest BCUT2D eigenvalue weighted by atomic mass is 32.2. The number of amides is 1. The highest BCUT2D eigenvalue weighted by molar-refractivity contribution is 8.39. The molecule has 1 amide bonds. The molecular formula is C12H15N3O3S2. The summed E-state index contributed by atoms with van der Waals surface area (Å²) >= 11 is 3.11. The van der Waals surface area contributed by atoms with Gasteiger partial charge >= 0.3 is 0 Å². The monoisotopic (exact) mass is 313 g/mol. The standard InChI is InChI=1S/C12H15N3O3S2/c16-8-7-9(17)13-11-10(8)20-12(14-11)19-6-3-15-1-4-18-5-2-15/h7,10,16H,1-6H2. The summed E-state index contributed by atoms with van der Waals surface area (Å²) in [5.74, 6) is 0.980. The van der Waals surface area contributed by atoms with Gasteiger partial charge in [-0.15, -0.1) is 0 Å². The van der Waals surface area contributed by atoms with E-state index in [1.807, 2.05) is 0 Å². The van der Waals surface area contributed by atoms with E-state index in [0.717, 1.165) is 49.1 Å². The number of ether oxygens (including phenoxy) is 1. The molecule has 3 heterocycles. The second kappa shape index (κ2) is 6.30. The van der Waals surface area contributed by atoms with E-state index in [-0.39, 0.29) is 11.0 Å². The normalized spacial score (nSPS) is 26.9. The SMILES string of the molecule is O=C1C=C(O)C2SC(SCCN3CCOCC3)=NC2=N1. The van der Waals surface area contributed by atoms with Crippen LogP contribution in [0.1, 0.15) is 0 Å². The molecule has 3 aliphatic rings. The molecule has 0 aliphatic carbocycles. The molecule has 6 nitrogen and oxygen atoms in total. The second-order valence-corrected chi connectivity index (χ2v) is 6.99. The Morgan fingerprint density at radius 2 is 2.25 bits per heavy atom. The Balaban J connectivity index is 1.50. The van der Waals surface area contributed by atoms with Crippen molar-refractivity contribution < 1.29 is 14.6 Å². The molecule has 1 atom stereocenters. The van der Waals surface area contributed by atoms with E-state index in [1.54, 1.807) is 11.8 Å². The van der Waals surface area contributed by atoms with E-state index in [9.17, 15) is 9.90 Å². The fraction of sp³-hybridized carbons (Fsp3) is 0.583. The Bertz CT molecular complexity index is 498. The number of aliphatic imine (C=N–C) groups is 2. The van der Waals surface area contributed by atoms with Gasteiger partial charge in [0.1, 0.15) is 15.4 Å². The number of fused-ring (bicyclic) bond motifs is 1. The van der Waals surface area contributed by atoms with Crippen LogP contribution in [0.4, 0.5) is 0 Å². The minimum absolute atomic E-state index is 0.0533. The first-order valence-corrected chi connectivity index (χ1v) is 8.30. The molecule has 3 rings (SSSR count). The van der Waals surface area contributed by atoms with Crippen LogP contribution < -0.4 is 0 Å². The number of morpholine rings is 1. The summed E-state index contributed by atoms with van der Waals surface area (Å²) < 4.78 is 6.18. The first-order valence-electron chi connectivity index (χ1n) is 6.44. The fourth-order valence-electron chi connectivity index (χ4n) is 2.11. The summed E-state index contributed by atoms with van der Waals surface area (Å²) in [4.78, 5) is 21.7. The zero-order chi connectivity index (χ0) is 13.9. The average molecular weight is 313 g/mol. The van der Waals surface area contributed by atoms with Gasteiger partial charge in [-0.2, -0.15) is 4.99 Å². The van der Waals surface area contributed by atoms with Crippen LogP contribution in [-0.4, -0.2) is 70.0 Å². The van der Waals surface area contributed by atoms with Crippen LogP contribution in [0.3, 0.4) is 0 Å². The zero-order valence-electron chi connectivity index (χ0n) is 10.8. The Hall–Kier alpha value is -0.830. The number of nitrogens with zero attached hydrogens (tertiary/aromatic N) is 3. The Labute approximate surface area is 125 Å². The molecule has 8 heteroatoms. The van der Waals surface area contributed by atoms with Gasteiger partial charge in [0.25, 0.3) is 5.91 Å². The quantitative estimate of drug-likeness (QED) is 0.834. The Morgan fingerprint density at radius 3 is 3.05 bits per heavy atom. The van der Waals surface area contributed by atoms with Crippen molar-refractivity contribution in [3.8, 4) is 0 Å². The highest BCUT2D eigenvalue weighted by Crippen LogP contribution is 2.34. The number of thioether (sulfide) groups is 2. The first-order chi connectivity index (χ1) is 9.72. The third kappa shape index (κ3) is 3.25. The van der Waals surface area contributed by atoms with Gasteiger partial charge in [0, 0.05) is 31.5 Å². The number of hydrogen-bond donors (Lipinski definition) is 1. The summed E-state index contributed by atoms with van der Waals surface area (Å²) in [5, 5.41) is 9.44. The molecule has 0 bridgehead atoms. The summed E-state index contributed by atoms with van der Waals surface area (Å²) in [7, 11) is 0. The molecule has 108 valence electrons. The minimum Gasteiger partial charge on any atom is -0.510 e. The summed E-state index contributed by atoms with van der Waals surface area (Å²) in [5.41, 5.74) is 0. The summed E-state index contributed by atoms with van der Waals surface area (Å²) in [6.07, 6.45) is 1.16. The van der Waals surface area contributed by atoms with E-state index in [1.165, 1.54) is 11.8 Å². The van der Waals surface area contributed by atoms with Gasteiger partial charge < -0.3 is 9.84 Å². The predicted octanol–water partition coefficient (Wildman–Crippen LogP) is 0.904. The topological polar surface area (TPSA) is 74.5 Å². The van der Waals surface area contributed by atoms with Crippen LogP contribution in [0.15, 0.2) is 21.8 Å². The maximum atomic E-state index is 11.2. The van der Waals surface area contributed by atoms with Gasteiger partial charge in [0.2, 0.25) is 0 Å². The van der Waals surface area contributed by atoms with E-state index in [2.05, 4.69) is 14.9 Å². The molecule has 0 aromatic rings. The number of aliphatic hydroxyl groups is 1. The number of carbonyl (C=O) groups excluding carboxylic acids is 1. The maximum Gasteiger partial charge on any atom is 0.274 e. The lowest BCUT2D eigenvalue weighted by Crippen LogP contribution is -2.37. The van der Waals surface area contributed by atoms with Gasteiger partial charge in [-0.05, 0) is 0 Å². The lowest BCUT2D eigenvalue weighted by atomic mass is 10.2. The van der Waals surface area contributed by atoms with Crippen LogP contribution in [0.2, 0.25) is 0 Å². The molecule has 0 spiro atoms. The van der Waals surface area contributed by atoms with Crippen molar-refractivity contribution in [2.24, 2.45) is 9.98 Å². The van der Waals surface area contributed by atoms with Crippen LogP contribution >= 0.6 is 23.5 Å². The maximum absolute atomic E-state index is 11.2. The van der Waals surface area contributed by atoms with Gasteiger partial charge in [-0.25, -0.2) is 4.99 Å². The molecular weight excluding hydrogens is 298 g/mol. The number of amidine groups is 1. The van der Waals surface area contributed by atoms with Crippen LogP contribution in [-0.2, 0) is 9.53 Å². The van der Waals surface area contributed by atoms with E-state index < -0.39 is 5.91 Å². The third-order valence-corrected chi connectivity index (χ3v) is 5.51. The Morgan fingerprint density at radius 1 is 1.45 bits per heavy atom. The number of carbonyl (C=O) groups is 1. The lowest BCUT2D eigenvalue weighted by Gasteiger charge is -2.26. The van der Waals surface area contributed by atoms with E-state index in [0.29, 0.717) is 5.84 Å². The molecule has 1 N–H and O–H groups in total. The zero-order valence-corrected chi connectivity index (χ0v) is 12.5. The van der Waals surface area contributed by atoms with Crippen molar-refractivity contribution in [2.45, 2.75) is 5.25 Å². The molecule has 1 saturated heterocycles. The molecule has 20 heavy (non-hydrogen) atoms. The number of hydrogen-bond acceptors (Lipinski definition) is 7. The minimum atomic E-state index is -0.433. The van der Waals surface area contributed by atoms with Crippen LogP contribution in [0.25, 0.3) is 0 Å². The molecule has 1 unspecified atom stereocenters. The smallest absolute Gasteiger partial charge is 0.274 e. The summed E-state index contributed by atoms with van der Waals surface area (Å²) in [6, 6.07) is 0. The largest absolute Gasteiger partial charge is 0.510 e. The lowest BCUT2D eigenvalue weighted by molar-refractivity contribution is -0.113. The Kier molecular flexibility index (Phi) is 4.45. The summed E-state index contributed by atoms with van der Waals surface area (Å²) in [6.45, 7) is 4.56. The molecule has 0 radical (unpaired) electrons. The fourth-order valence-corrected chi connectivity index (χ4v) is 4.35. The predicted molar refractivity (Wildman–Crippen MR) is 81.7 cm³/mol. The second-order valence-electron chi connectivity index (χ2n) is 4.56. The number of dihydropyridines is 1. The van der Waals surface area contributed by atoms with Gasteiger partial charge in [-0.1, -0.05) is 23.5 Å². The van der Waals surface area contributed by atoms with Crippen molar-refractivity contribution >= 4 is 39.6 Å². The first kappa shape index (κ1) is 14.1. The van der Waals surface area contributed by atoms with E-state index >= 15 is 0 Å². The van der Waals surface area contributed by atoms with Crippen molar-refractivity contribution in [3.05, 3.63) is 11.8 Å². The van der Waals surface area contributed by atoms with E-state index in [4.69, 9.17) is 4.74 Å². The number of aliphatic hydroxyl groups excluding tert-OH is 1. The molecule has 0 aromatic carbocycles. The molecule has 1 fully saturated rings. The van der Waals surface area contributed by atoms with Gasteiger partial charge in [-0.3, -0.25) is 9.69 Å². The number of rotatable bonds is 3. The molecule has 0 saturated carbocycles. The van der Waals surface area contributed by atoms with Gasteiger partial charge in [0.05, 0.1) is 13.2 Å².